The quantitative estimate of drug-likeness (QED) is 0.186. The van der Waals surface area contributed by atoms with Gasteiger partial charge in [0.1, 0.15) is 17.7 Å². The average Bonchev–Trinajstić information content (AvgIpc) is 3.02. The molecule has 0 radical (unpaired) electrons. The minimum absolute atomic E-state index is 0.0985. The Labute approximate surface area is 269 Å². The zero-order valence-electron chi connectivity index (χ0n) is 25.5. The van der Waals surface area contributed by atoms with E-state index in [1.54, 1.807) is 0 Å². The van der Waals surface area contributed by atoms with Crippen LogP contribution in [0.25, 0.3) is 10.9 Å². The molecule has 0 spiro atoms. The first-order valence-corrected chi connectivity index (χ1v) is 15.9. The van der Waals surface area contributed by atoms with Crippen molar-refractivity contribution in [2.24, 2.45) is 0 Å². The van der Waals surface area contributed by atoms with Crippen LogP contribution >= 0.6 is 23.2 Å². The number of hydrogen-bond donors (Lipinski definition) is 1. The second-order valence-electron chi connectivity index (χ2n) is 11.4. The van der Waals surface area contributed by atoms with Crippen molar-refractivity contribution in [1.29, 1.82) is 0 Å². The molecular weight excluding hydrogens is 595 g/mol. The van der Waals surface area contributed by atoms with Crippen LogP contribution < -0.4 is 5.32 Å². The monoisotopic (exact) mass is 634 g/mol. The van der Waals surface area contributed by atoms with Crippen molar-refractivity contribution < 1.29 is 9.53 Å². The molecule has 44 heavy (non-hydrogen) atoms. The highest BCUT2D eigenvalue weighted by atomic mass is 35.5. The van der Waals surface area contributed by atoms with Crippen LogP contribution in [0.2, 0.25) is 10.0 Å². The third-order valence-electron chi connectivity index (χ3n) is 7.91. The first-order valence-electron chi connectivity index (χ1n) is 15.1. The number of esters is 1. The Balaban J connectivity index is 1.33. The van der Waals surface area contributed by atoms with Gasteiger partial charge >= 0.3 is 5.97 Å². The minimum atomic E-state index is -0.510. The average molecular weight is 636 g/mol. The Morgan fingerprint density at radius 1 is 0.909 bits per heavy atom. The first-order chi connectivity index (χ1) is 21.3. The highest BCUT2D eigenvalue weighted by Crippen LogP contribution is 2.31. The zero-order valence-corrected chi connectivity index (χ0v) is 27.1. The number of carbonyl (C=O) groups excluding carboxylic acids is 1. The van der Waals surface area contributed by atoms with Crippen LogP contribution in [0.4, 0.5) is 5.82 Å². The summed E-state index contributed by atoms with van der Waals surface area (Å²) in [6, 6.07) is 23.7. The number of ether oxygens (including phenoxy) is 1. The van der Waals surface area contributed by atoms with Crippen LogP contribution in [0, 0.1) is 0 Å². The second-order valence-corrected chi connectivity index (χ2v) is 12.2. The molecule has 2 heterocycles. The third-order valence-corrected chi connectivity index (χ3v) is 8.41. The van der Waals surface area contributed by atoms with Crippen LogP contribution in [0.5, 0.6) is 0 Å². The molecule has 0 bridgehead atoms. The number of fused-ring (bicyclic) bond motifs is 1. The maximum Gasteiger partial charge on any atom is 0.328 e. The predicted octanol–water partition coefficient (Wildman–Crippen LogP) is 6.14. The molecule has 1 atom stereocenters. The van der Waals surface area contributed by atoms with E-state index in [4.69, 9.17) is 37.9 Å². The summed E-state index contributed by atoms with van der Waals surface area (Å²) in [4.78, 5) is 29.7. The standard InChI is InChI=1S/C34H40Cl2N6O2/c1-4-44-34(43)30(17-18-40(2)3)38-33-28-7-5-6-8-29(28)37-31(39-33)23-41-19-21-42(22-20-41)32(24-9-13-26(35)14-10-24)25-11-15-27(36)16-12-25/h5-16,30,32H,4,17-23H2,1-3H3,(H,37,38,39)/t30-/m0/s1. The second kappa shape index (κ2) is 15.1. The Morgan fingerprint density at radius 3 is 2.11 bits per heavy atom. The Kier molecular flexibility index (Phi) is 11.1. The lowest BCUT2D eigenvalue weighted by atomic mass is 9.96. The molecule has 1 fully saturated rings. The minimum Gasteiger partial charge on any atom is -0.464 e. The predicted molar refractivity (Wildman–Crippen MR) is 178 cm³/mol. The summed E-state index contributed by atoms with van der Waals surface area (Å²) < 4.78 is 5.39. The summed E-state index contributed by atoms with van der Waals surface area (Å²) in [5.74, 6) is 1.11. The van der Waals surface area contributed by atoms with E-state index in [-0.39, 0.29) is 12.0 Å². The van der Waals surface area contributed by atoms with Crippen molar-refractivity contribution in [2.75, 3.05) is 58.7 Å². The van der Waals surface area contributed by atoms with E-state index in [1.807, 2.05) is 69.6 Å². The molecular formula is C34H40Cl2N6O2. The topological polar surface area (TPSA) is 73.8 Å². The lowest BCUT2D eigenvalue weighted by Crippen LogP contribution is -2.47. The Morgan fingerprint density at radius 2 is 1.52 bits per heavy atom. The SMILES string of the molecule is CCOC(=O)[C@H](CCN(C)C)Nc1nc(CN2CCN(C(c3ccc(Cl)cc3)c3ccc(Cl)cc3)CC2)nc2ccccc12. The van der Waals surface area contributed by atoms with Crippen molar-refractivity contribution in [3.8, 4) is 0 Å². The van der Waals surface area contributed by atoms with Gasteiger partial charge in [-0.25, -0.2) is 14.8 Å². The largest absolute Gasteiger partial charge is 0.464 e. The zero-order chi connectivity index (χ0) is 31.1. The molecule has 4 aromatic rings. The molecule has 8 nitrogen and oxygen atoms in total. The molecule has 1 aromatic heterocycles. The number of para-hydroxylation sites is 1. The fourth-order valence-electron chi connectivity index (χ4n) is 5.63. The summed E-state index contributed by atoms with van der Waals surface area (Å²) in [5.41, 5.74) is 3.24. The number of anilines is 1. The van der Waals surface area contributed by atoms with E-state index in [2.05, 4.69) is 44.3 Å². The molecule has 0 unspecified atom stereocenters. The number of nitrogens with zero attached hydrogens (tertiary/aromatic N) is 5. The van der Waals surface area contributed by atoms with Gasteiger partial charge in [0.2, 0.25) is 0 Å². The van der Waals surface area contributed by atoms with Gasteiger partial charge in [-0.2, -0.15) is 0 Å². The van der Waals surface area contributed by atoms with Gasteiger partial charge in [-0.3, -0.25) is 9.80 Å². The molecule has 1 N–H and O–H groups in total. The van der Waals surface area contributed by atoms with Crippen molar-refractivity contribution >= 4 is 45.9 Å². The lowest BCUT2D eigenvalue weighted by Gasteiger charge is -2.39. The molecule has 5 rings (SSSR count). The number of carbonyl (C=O) groups is 1. The molecule has 0 aliphatic carbocycles. The summed E-state index contributed by atoms with van der Waals surface area (Å²) in [6.45, 7) is 7.00. The van der Waals surface area contributed by atoms with Crippen molar-refractivity contribution in [3.05, 3.63) is 99.8 Å². The molecule has 1 aliphatic heterocycles. The summed E-state index contributed by atoms with van der Waals surface area (Å²) in [6.07, 6.45) is 0.601. The smallest absolute Gasteiger partial charge is 0.328 e. The van der Waals surface area contributed by atoms with Gasteiger partial charge in [-0.1, -0.05) is 59.6 Å². The number of nitrogens with one attached hydrogen (secondary N) is 1. The van der Waals surface area contributed by atoms with Gasteiger partial charge in [0.05, 0.1) is 24.7 Å². The van der Waals surface area contributed by atoms with Crippen LogP contribution in [-0.2, 0) is 16.1 Å². The molecule has 10 heteroatoms. The maximum atomic E-state index is 12.8. The van der Waals surface area contributed by atoms with Crippen molar-refractivity contribution in [2.45, 2.75) is 32.0 Å². The highest BCUT2D eigenvalue weighted by Gasteiger charge is 2.28. The number of piperazine rings is 1. The Bertz CT molecular complexity index is 1480. The first kappa shape index (κ1) is 32.1. The summed E-state index contributed by atoms with van der Waals surface area (Å²) >= 11 is 12.4. The van der Waals surface area contributed by atoms with Crippen LogP contribution in [0.1, 0.15) is 36.3 Å². The van der Waals surface area contributed by atoms with E-state index in [0.717, 1.165) is 59.5 Å². The molecule has 232 valence electrons. The van der Waals surface area contributed by atoms with Crippen LogP contribution in [0.15, 0.2) is 72.8 Å². The van der Waals surface area contributed by atoms with Crippen molar-refractivity contribution in [3.63, 3.8) is 0 Å². The summed E-state index contributed by atoms with van der Waals surface area (Å²) in [5, 5.41) is 5.74. The van der Waals surface area contributed by atoms with Crippen molar-refractivity contribution in [1.82, 2.24) is 24.7 Å². The van der Waals surface area contributed by atoms with Gasteiger partial charge in [0, 0.05) is 48.2 Å². The van der Waals surface area contributed by atoms with E-state index >= 15 is 0 Å². The molecule has 0 amide bonds. The number of halogens is 2. The molecule has 1 saturated heterocycles. The fraction of sp³-hybridized carbons (Fsp3) is 0.382. The van der Waals surface area contributed by atoms with E-state index in [0.29, 0.717) is 25.4 Å². The molecule has 0 saturated carbocycles. The third kappa shape index (κ3) is 8.25. The van der Waals surface area contributed by atoms with Crippen LogP contribution in [-0.4, -0.2) is 90.1 Å². The van der Waals surface area contributed by atoms with Gasteiger partial charge in [0.15, 0.2) is 0 Å². The van der Waals surface area contributed by atoms with Gasteiger partial charge in [-0.15, -0.1) is 0 Å². The summed E-state index contributed by atoms with van der Waals surface area (Å²) in [7, 11) is 3.99. The number of aromatic nitrogens is 2. The highest BCUT2D eigenvalue weighted by molar-refractivity contribution is 6.30. The Hall–Kier alpha value is -3.27. The number of rotatable bonds is 12. The number of benzene rings is 3. The van der Waals surface area contributed by atoms with E-state index in [9.17, 15) is 4.79 Å². The van der Waals surface area contributed by atoms with Gasteiger partial charge in [0.25, 0.3) is 0 Å². The lowest BCUT2D eigenvalue weighted by molar-refractivity contribution is -0.144. The molecule has 1 aliphatic rings. The molecule has 3 aromatic carbocycles. The number of hydrogen-bond acceptors (Lipinski definition) is 8. The van der Waals surface area contributed by atoms with Gasteiger partial charge < -0.3 is 15.0 Å². The maximum absolute atomic E-state index is 12.8. The normalized spacial score (nSPS) is 15.2. The van der Waals surface area contributed by atoms with E-state index in [1.165, 1.54) is 11.1 Å². The van der Waals surface area contributed by atoms with Gasteiger partial charge in [-0.05, 0) is 75.0 Å². The van der Waals surface area contributed by atoms with Crippen LogP contribution in [0.3, 0.4) is 0 Å². The fourth-order valence-corrected chi connectivity index (χ4v) is 5.89. The van der Waals surface area contributed by atoms with E-state index < -0.39 is 6.04 Å².